The third-order valence-electron chi connectivity index (χ3n) is 4.13. The SMILES string of the molecule is COC(=O)C1C(C)=NN=C(c2ccccc2)C1c1cccc(Cl)c1. The molecule has 0 radical (unpaired) electrons. The fourth-order valence-electron chi connectivity index (χ4n) is 2.99. The first-order valence-electron chi connectivity index (χ1n) is 7.62. The number of halogens is 1. The zero-order valence-electron chi connectivity index (χ0n) is 13.4. The lowest BCUT2D eigenvalue weighted by Gasteiger charge is -2.29. The first-order chi connectivity index (χ1) is 11.6. The van der Waals surface area contributed by atoms with Gasteiger partial charge in [0.1, 0.15) is 5.92 Å². The zero-order chi connectivity index (χ0) is 17.1. The van der Waals surface area contributed by atoms with Gasteiger partial charge in [-0.05, 0) is 30.2 Å². The van der Waals surface area contributed by atoms with Gasteiger partial charge in [0.25, 0.3) is 0 Å². The summed E-state index contributed by atoms with van der Waals surface area (Å²) < 4.78 is 5.02. The van der Waals surface area contributed by atoms with Crippen LogP contribution in [0.15, 0.2) is 64.8 Å². The number of carbonyl (C=O) groups is 1. The summed E-state index contributed by atoms with van der Waals surface area (Å²) in [4.78, 5) is 12.4. The lowest BCUT2D eigenvalue weighted by molar-refractivity contribution is -0.143. The van der Waals surface area contributed by atoms with Crippen LogP contribution in [0.1, 0.15) is 24.0 Å². The summed E-state index contributed by atoms with van der Waals surface area (Å²) in [6, 6.07) is 17.2. The van der Waals surface area contributed by atoms with Gasteiger partial charge in [-0.2, -0.15) is 10.2 Å². The molecule has 0 amide bonds. The predicted octanol–water partition coefficient (Wildman–Crippen LogP) is 4.09. The second-order valence-electron chi connectivity index (χ2n) is 5.63. The molecule has 2 atom stereocenters. The zero-order valence-corrected chi connectivity index (χ0v) is 14.2. The summed E-state index contributed by atoms with van der Waals surface area (Å²) in [6.07, 6.45) is 0. The Bertz CT molecular complexity index is 815. The van der Waals surface area contributed by atoms with Crippen molar-refractivity contribution in [2.45, 2.75) is 12.8 Å². The second-order valence-corrected chi connectivity index (χ2v) is 6.06. The molecule has 5 heteroatoms. The number of nitrogens with zero attached hydrogens (tertiary/aromatic N) is 2. The molecular weight excluding hydrogens is 324 g/mol. The van der Waals surface area contributed by atoms with E-state index in [9.17, 15) is 4.79 Å². The third kappa shape index (κ3) is 3.10. The van der Waals surface area contributed by atoms with E-state index >= 15 is 0 Å². The van der Waals surface area contributed by atoms with Gasteiger partial charge in [0.05, 0.1) is 18.5 Å². The van der Waals surface area contributed by atoms with Crippen molar-refractivity contribution in [3.05, 3.63) is 70.7 Å². The monoisotopic (exact) mass is 340 g/mol. The maximum atomic E-state index is 12.4. The average molecular weight is 341 g/mol. The quantitative estimate of drug-likeness (QED) is 0.790. The molecule has 122 valence electrons. The number of benzene rings is 2. The average Bonchev–Trinajstić information content (AvgIpc) is 2.61. The van der Waals surface area contributed by atoms with Crippen molar-refractivity contribution in [3.8, 4) is 0 Å². The number of carbonyl (C=O) groups excluding carboxylic acids is 1. The highest BCUT2D eigenvalue weighted by molar-refractivity contribution is 6.30. The van der Waals surface area contributed by atoms with Crippen LogP contribution in [0.25, 0.3) is 0 Å². The summed E-state index contributed by atoms with van der Waals surface area (Å²) in [5.74, 6) is -1.15. The van der Waals surface area contributed by atoms with Gasteiger partial charge in [0.15, 0.2) is 0 Å². The first-order valence-corrected chi connectivity index (χ1v) is 8.00. The Hall–Kier alpha value is -2.46. The molecule has 0 saturated heterocycles. The lowest BCUT2D eigenvalue weighted by Crippen LogP contribution is -2.36. The van der Waals surface area contributed by atoms with E-state index in [4.69, 9.17) is 16.3 Å². The Kier molecular flexibility index (Phi) is 4.76. The Morgan fingerprint density at radius 2 is 1.83 bits per heavy atom. The van der Waals surface area contributed by atoms with Crippen molar-refractivity contribution in [2.24, 2.45) is 16.1 Å². The topological polar surface area (TPSA) is 51.0 Å². The maximum absolute atomic E-state index is 12.4. The molecule has 3 rings (SSSR count). The normalized spacial score (nSPS) is 20.1. The van der Waals surface area contributed by atoms with Crippen LogP contribution >= 0.6 is 11.6 Å². The molecule has 2 aromatic rings. The van der Waals surface area contributed by atoms with Crippen molar-refractivity contribution in [1.29, 1.82) is 0 Å². The van der Waals surface area contributed by atoms with Crippen LogP contribution in [0.2, 0.25) is 5.02 Å². The number of esters is 1. The van der Waals surface area contributed by atoms with Crippen molar-refractivity contribution in [3.63, 3.8) is 0 Å². The summed E-state index contributed by atoms with van der Waals surface area (Å²) in [7, 11) is 1.39. The molecule has 0 fully saturated rings. The van der Waals surface area contributed by atoms with Gasteiger partial charge in [-0.15, -0.1) is 0 Å². The van der Waals surface area contributed by atoms with E-state index in [0.29, 0.717) is 10.7 Å². The second kappa shape index (κ2) is 6.97. The number of rotatable bonds is 3. The van der Waals surface area contributed by atoms with E-state index in [0.717, 1.165) is 16.8 Å². The van der Waals surface area contributed by atoms with Gasteiger partial charge in [-0.25, -0.2) is 0 Å². The Morgan fingerprint density at radius 1 is 1.08 bits per heavy atom. The molecule has 1 aliphatic rings. The largest absolute Gasteiger partial charge is 0.468 e. The van der Waals surface area contributed by atoms with Crippen molar-refractivity contribution >= 4 is 29.0 Å². The molecule has 1 aliphatic heterocycles. The van der Waals surface area contributed by atoms with Crippen LogP contribution in [-0.2, 0) is 9.53 Å². The fraction of sp³-hybridized carbons (Fsp3) is 0.211. The van der Waals surface area contributed by atoms with Gasteiger partial charge in [0, 0.05) is 10.9 Å². The summed E-state index contributed by atoms with van der Waals surface area (Å²) in [6.45, 7) is 1.80. The van der Waals surface area contributed by atoms with E-state index in [-0.39, 0.29) is 11.9 Å². The van der Waals surface area contributed by atoms with Gasteiger partial charge < -0.3 is 4.74 Å². The van der Waals surface area contributed by atoms with Crippen LogP contribution < -0.4 is 0 Å². The smallest absolute Gasteiger partial charge is 0.315 e. The highest BCUT2D eigenvalue weighted by Gasteiger charge is 2.39. The summed E-state index contributed by atoms with van der Waals surface area (Å²) in [5, 5.41) is 9.21. The molecule has 2 aromatic carbocycles. The molecule has 0 saturated carbocycles. The lowest BCUT2D eigenvalue weighted by atomic mass is 9.77. The summed E-state index contributed by atoms with van der Waals surface area (Å²) >= 11 is 6.17. The van der Waals surface area contributed by atoms with Crippen molar-refractivity contribution in [2.75, 3.05) is 7.11 Å². The van der Waals surface area contributed by atoms with Crippen LogP contribution in [0, 0.1) is 5.92 Å². The molecule has 1 heterocycles. The number of methoxy groups -OCH3 is 1. The fourth-order valence-corrected chi connectivity index (χ4v) is 3.19. The van der Waals surface area contributed by atoms with E-state index in [1.807, 2.05) is 48.5 Å². The minimum Gasteiger partial charge on any atom is -0.468 e. The Balaban J connectivity index is 2.17. The first kappa shape index (κ1) is 16.4. The molecular formula is C19H17ClN2O2. The number of hydrogen-bond donors (Lipinski definition) is 0. The van der Waals surface area contributed by atoms with Crippen LogP contribution in [-0.4, -0.2) is 24.5 Å². The molecule has 2 unspecified atom stereocenters. The van der Waals surface area contributed by atoms with Crippen LogP contribution in [0.5, 0.6) is 0 Å². The molecule has 4 nitrogen and oxygen atoms in total. The van der Waals surface area contributed by atoms with Crippen LogP contribution in [0.3, 0.4) is 0 Å². The standard InChI is InChI=1S/C19H17ClN2O2/c1-12-16(19(23)24-2)17(14-9-6-10-15(20)11-14)18(22-21-12)13-7-4-3-5-8-13/h3-11,16-17H,1-2H3. The maximum Gasteiger partial charge on any atom is 0.315 e. The highest BCUT2D eigenvalue weighted by atomic mass is 35.5. The molecule has 0 aromatic heterocycles. The summed E-state index contributed by atoms with van der Waals surface area (Å²) in [5.41, 5.74) is 3.20. The predicted molar refractivity (Wildman–Crippen MR) is 95.8 cm³/mol. The van der Waals surface area contributed by atoms with Gasteiger partial charge in [0.2, 0.25) is 0 Å². The third-order valence-corrected chi connectivity index (χ3v) is 4.36. The van der Waals surface area contributed by atoms with Gasteiger partial charge >= 0.3 is 5.97 Å². The van der Waals surface area contributed by atoms with Crippen LogP contribution in [0.4, 0.5) is 0 Å². The number of hydrogen-bond acceptors (Lipinski definition) is 4. The molecule has 0 spiro atoms. The van der Waals surface area contributed by atoms with E-state index in [2.05, 4.69) is 10.2 Å². The number of ether oxygens (including phenoxy) is 1. The van der Waals surface area contributed by atoms with E-state index < -0.39 is 5.92 Å². The molecule has 0 aliphatic carbocycles. The molecule has 0 N–H and O–H groups in total. The minimum absolute atomic E-state index is 0.295. The Morgan fingerprint density at radius 3 is 2.50 bits per heavy atom. The van der Waals surface area contributed by atoms with Crippen molar-refractivity contribution < 1.29 is 9.53 Å². The molecule has 0 bridgehead atoms. The molecule has 24 heavy (non-hydrogen) atoms. The minimum atomic E-state index is -0.527. The highest BCUT2D eigenvalue weighted by Crippen LogP contribution is 2.35. The van der Waals surface area contributed by atoms with Crippen molar-refractivity contribution in [1.82, 2.24) is 0 Å². The Labute approximate surface area is 145 Å². The van der Waals surface area contributed by atoms with Gasteiger partial charge in [-0.3, -0.25) is 4.79 Å². The van der Waals surface area contributed by atoms with Gasteiger partial charge in [-0.1, -0.05) is 54.1 Å². The van der Waals surface area contributed by atoms with E-state index in [1.54, 1.807) is 13.0 Å². The van der Waals surface area contributed by atoms with E-state index in [1.165, 1.54) is 7.11 Å².